The Balaban J connectivity index is 1.17. The zero-order valence-corrected chi connectivity index (χ0v) is 19.4. The number of rotatable bonds is 4. The Hall–Kier alpha value is -2.64. The van der Waals surface area contributed by atoms with E-state index in [0.29, 0.717) is 29.9 Å². The number of carbonyl (C=O) groups is 2. The van der Waals surface area contributed by atoms with Gasteiger partial charge in [0.15, 0.2) is 0 Å². The highest BCUT2D eigenvalue weighted by atomic mass is 35.5. The van der Waals surface area contributed by atoms with Gasteiger partial charge in [-0.05, 0) is 42.8 Å². The number of likely N-dealkylation sites (tertiary alicyclic amines) is 1. The van der Waals surface area contributed by atoms with Gasteiger partial charge in [-0.15, -0.1) is 0 Å². The van der Waals surface area contributed by atoms with E-state index < -0.39 is 0 Å². The van der Waals surface area contributed by atoms with Crippen LogP contribution in [0.15, 0.2) is 42.5 Å². The third-order valence-electron chi connectivity index (χ3n) is 6.23. The fourth-order valence-electron chi connectivity index (χ4n) is 4.45. The zero-order valence-electron chi connectivity index (χ0n) is 17.8. The maximum Gasteiger partial charge on any atom is 0.274 e. The number of thiazole rings is 1. The zero-order chi connectivity index (χ0) is 22.2. The molecule has 1 atom stereocenters. The van der Waals surface area contributed by atoms with Crippen LogP contribution in [0.4, 0.5) is 5.69 Å². The van der Waals surface area contributed by atoms with Gasteiger partial charge in [0.2, 0.25) is 11.8 Å². The molecule has 0 aliphatic carbocycles. The lowest BCUT2D eigenvalue weighted by atomic mass is 10.0. The largest absolute Gasteiger partial charge is 0.467 e. The number of fused-ring (bicyclic) bond motifs is 1. The number of halogens is 1. The maximum absolute atomic E-state index is 13.1. The molecule has 2 aliphatic heterocycles. The molecule has 1 aromatic heterocycles. The summed E-state index contributed by atoms with van der Waals surface area (Å²) < 4.78 is 7.28. The van der Waals surface area contributed by atoms with E-state index >= 15 is 0 Å². The van der Waals surface area contributed by atoms with Crippen LogP contribution in [0.1, 0.15) is 24.8 Å². The molecule has 2 amide bonds. The van der Waals surface area contributed by atoms with Crippen LogP contribution in [0, 0.1) is 12.8 Å². The predicted octanol–water partition coefficient (Wildman–Crippen LogP) is 4.68. The molecule has 0 spiro atoms. The number of ether oxygens (including phenoxy) is 1. The number of amides is 2. The van der Waals surface area contributed by atoms with Crippen LogP contribution in [0.3, 0.4) is 0 Å². The molecule has 32 heavy (non-hydrogen) atoms. The number of anilines is 1. The van der Waals surface area contributed by atoms with Crippen LogP contribution in [0.25, 0.3) is 10.2 Å². The van der Waals surface area contributed by atoms with Gasteiger partial charge in [0.25, 0.3) is 5.19 Å². The predicted molar refractivity (Wildman–Crippen MR) is 126 cm³/mol. The van der Waals surface area contributed by atoms with Crippen molar-refractivity contribution in [3.8, 4) is 5.19 Å². The van der Waals surface area contributed by atoms with Crippen molar-refractivity contribution in [2.45, 2.75) is 32.3 Å². The molecular weight excluding hydrogens is 446 g/mol. The minimum atomic E-state index is -0.303. The van der Waals surface area contributed by atoms with Gasteiger partial charge in [-0.25, -0.2) is 4.98 Å². The van der Waals surface area contributed by atoms with Gasteiger partial charge in [-0.2, -0.15) is 0 Å². The van der Waals surface area contributed by atoms with E-state index in [-0.39, 0.29) is 30.3 Å². The molecule has 2 aliphatic rings. The average Bonchev–Trinajstić information content (AvgIpc) is 3.38. The first kappa shape index (κ1) is 21.2. The number of carbonyl (C=O) groups excluding carboxylic acids is 2. The van der Waals surface area contributed by atoms with Crippen LogP contribution in [-0.2, 0) is 9.59 Å². The van der Waals surface area contributed by atoms with Gasteiger partial charge >= 0.3 is 0 Å². The standard InChI is InChI=1S/C24H24ClN3O3S/c1-15-3-2-4-20-22(15)26-24(32-20)31-19-9-11-27(12-10-19)23(30)16-13-21(29)28(14-16)18-7-5-17(25)6-8-18/h2-8,16,19H,9-14H2,1H3. The van der Waals surface area contributed by atoms with E-state index in [4.69, 9.17) is 16.3 Å². The number of piperidine rings is 1. The number of hydrogen-bond acceptors (Lipinski definition) is 5. The minimum Gasteiger partial charge on any atom is -0.467 e. The molecule has 166 valence electrons. The molecule has 8 heteroatoms. The topological polar surface area (TPSA) is 62.7 Å². The molecule has 0 bridgehead atoms. The maximum atomic E-state index is 13.1. The summed E-state index contributed by atoms with van der Waals surface area (Å²) in [7, 11) is 0. The highest BCUT2D eigenvalue weighted by molar-refractivity contribution is 7.20. The highest BCUT2D eigenvalue weighted by Crippen LogP contribution is 2.32. The fraction of sp³-hybridized carbons (Fsp3) is 0.375. The van der Waals surface area contributed by atoms with Crippen molar-refractivity contribution in [3.05, 3.63) is 53.1 Å². The van der Waals surface area contributed by atoms with Crippen LogP contribution in [-0.4, -0.2) is 47.4 Å². The van der Waals surface area contributed by atoms with Crippen LogP contribution >= 0.6 is 22.9 Å². The van der Waals surface area contributed by atoms with E-state index in [2.05, 4.69) is 24.0 Å². The number of nitrogens with zero attached hydrogens (tertiary/aromatic N) is 3. The normalized spacial score (nSPS) is 19.7. The molecule has 5 rings (SSSR count). The van der Waals surface area contributed by atoms with Crippen molar-refractivity contribution >= 4 is 50.7 Å². The first-order chi connectivity index (χ1) is 15.5. The fourth-order valence-corrected chi connectivity index (χ4v) is 5.54. The molecule has 6 nitrogen and oxygen atoms in total. The summed E-state index contributed by atoms with van der Waals surface area (Å²) in [6.45, 7) is 3.75. The Bertz CT molecular complexity index is 1160. The molecular formula is C24H24ClN3O3S. The van der Waals surface area contributed by atoms with Crippen molar-refractivity contribution in [2.75, 3.05) is 24.5 Å². The lowest BCUT2D eigenvalue weighted by Crippen LogP contribution is -2.44. The first-order valence-electron chi connectivity index (χ1n) is 10.9. The number of para-hydroxylation sites is 1. The molecule has 0 saturated carbocycles. The highest BCUT2D eigenvalue weighted by Gasteiger charge is 2.38. The summed E-state index contributed by atoms with van der Waals surface area (Å²) in [5, 5.41) is 1.32. The van der Waals surface area contributed by atoms with Crippen LogP contribution in [0.5, 0.6) is 5.19 Å². The first-order valence-corrected chi connectivity index (χ1v) is 12.0. The molecule has 2 aromatic carbocycles. The Morgan fingerprint density at radius 2 is 1.91 bits per heavy atom. The number of benzene rings is 2. The van der Waals surface area contributed by atoms with E-state index in [9.17, 15) is 9.59 Å². The van der Waals surface area contributed by atoms with E-state index in [1.807, 2.05) is 23.1 Å². The second kappa shape index (κ2) is 8.71. The monoisotopic (exact) mass is 469 g/mol. The second-order valence-electron chi connectivity index (χ2n) is 8.43. The van der Waals surface area contributed by atoms with Crippen molar-refractivity contribution in [1.82, 2.24) is 9.88 Å². The van der Waals surface area contributed by atoms with E-state index in [1.54, 1.807) is 28.4 Å². The second-order valence-corrected chi connectivity index (χ2v) is 9.86. The van der Waals surface area contributed by atoms with Gasteiger partial charge in [-0.1, -0.05) is 35.1 Å². The van der Waals surface area contributed by atoms with Gasteiger partial charge in [0.05, 0.1) is 16.1 Å². The summed E-state index contributed by atoms with van der Waals surface area (Å²) in [6.07, 6.45) is 1.84. The summed E-state index contributed by atoms with van der Waals surface area (Å²) in [5.41, 5.74) is 2.93. The van der Waals surface area contributed by atoms with E-state index in [1.165, 1.54) is 0 Å². The molecule has 0 N–H and O–H groups in total. The van der Waals surface area contributed by atoms with Crippen LogP contribution < -0.4 is 9.64 Å². The molecule has 3 heterocycles. The quantitative estimate of drug-likeness (QED) is 0.556. The summed E-state index contributed by atoms with van der Waals surface area (Å²) in [5.74, 6) is -0.262. The van der Waals surface area contributed by atoms with E-state index in [0.717, 1.165) is 34.3 Å². The van der Waals surface area contributed by atoms with Crippen molar-refractivity contribution in [1.29, 1.82) is 0 Å². The third kappa shape index (κ3) is 4.19. The number of aromatic nitrogens is 1. The molecule has 3 aromatic rings. The lowest BCUT2D eigenvalue weighted by molar-refractivity contribution is -0.137. The molecule has 2 saturated heterocycles. The third-order valence-corrected chi connectivity index (χ3v) is 7.40. The smallest absolute Gasteiger partial charge is 0.274 e. The minimum absolute atomic E-state index is 0.0185. The average molecular weight is 470 g/mol. The van der Waals surface area contributed by atoms with Gasteiger partial charge in [-0.3, -0.25) is 9.59 Å². The lowest BCUT2D eigenvalue weighted by Gasteiger charge is -2.33. The van der Waals surface area contributed by atoms with Crippen molar-refractivity contribution in [3.63, 3.8) is 0 Å². The van der Waals surface area contributed by atoms with Crippen molar-refractivity contribution in [2.24, 2.45) is 5.92 Å². The Labute approximate surface area is 195 Å². The van der Waals surface area contributed by atoms with Gasteiger partial charge in [0.1, 0.15) is 6.10 Å². The Morgan fingerprint density at radius 3 is 2.62 bits per heavy atom. The van der Waals surface area contributed by atoms with Gasteiger partial charge in [0, 0.05) is 49.6 Å². The number of aryl methyl sites for hydroxylation is 1. The summed E-state index contributed by atoms with van der Waals surface area (Å²) in [4.78, 5) is 33.8. The van der Waals surface area contributed by atoms with Crippen LogP contribution in [0.2, 0.25) is 5.02 Å². The molecule has 0 radical (unpaired) electrons. The van der Waals surface area contributed by atoms with Crippen molar-refractivity contribution < 1.29 is 14.3 Å². The molecule has 2 fully saturated rings. The SMILES string of the molecule is Cc1cccc2sc(OC3CCN(C(=O)C4CC(=O)N(c5ccc(Cl)cc5)C4)CC3)nc12. The Kier molecular flexibility index (Phi) is 5.78. The molecule has 1 unspecified atom stereocenters. The summed E-state index contributed by atoms with van der Waals surface area (Å²) in [6, 6.07) is 13.3. The van der Waals surface area contributed by atoms with Gasteiger partial charge < -0.3 is 14.5 Å². The Morgan fingerprint density at radius 1 is 1.16 bits per heavy atom. The summed E-state index contributed by atoms with van der Waals surface area (Å²) >= 11 is 7.51. The number of hydrogen-bond donors (Lipinski definition) is 0.